The van der Waals surface area contributed by atoms with Crippen molar-refractivity contribution in [3.63, 3.8) is 0 Å². The smallest absolute Gasteiger partial charge is 0.225 e. The molecule has 6 heteroatoms. The second-order valence-electron chi connectivity index (χ2n) is 7.17. The normalized spacial score (nSPS) is 20.0. The molecule has 2 aromatic rings. The van der Waals surface area contributed by atoms with Crippen LogP contribution in [0.1, 0.15) is 30.4 Å². The summed E-state index contributed by atoms with van der Waals surface area (Å²) in [5.41, 5.74) is 3.75. The standard InChI is InChI=1S/C20H25N5O/c1-15(26)23-18-6-5-16-3-4-17(19(16)13-18)14-24-9-11-25(12-10-24)20-21-7-2-8-22-20/h2,5-8,13,17H,3-4,9-12,14H2,1H3,(H,23,26). The lowest BCUT2D eigenvalue weighted by molar-refractivity contribution is -0.114. The maximum Gasteiger partial charge on any atom is 0.225 e. The molecular formula is C20H25N5O. The van der Waals surface area contributed by atoms with Crippen molar-refractivity contribution in [1.29, 1.82) is 0 Å². The third kappa shape index (κ3) is 3.70. The third-order valence-electron chi connectivity index (χ3n) is 5.35. The van der Waals surface area contributed by atoms with E-state index in [0.29, 0.717) is 5.92 Å². The van der Waals surface area contributed by atoms with Crippen molar-refractivity contribution >= 4 is 17.5 Å². The number of aromatic nitrogens is 2. The number of rotatable bonds is 4. The van der Waals surface area contributed by atoms with Gasteiger partial charge in [0.1, 0.15) is 0 Å². The van der Waals surface area contributed by atoms with Gasteiger partial charge in [0, 0.05) is 57.7 Å². The highest BCUT2D eigenvalue weighted by Gasteiger charge is 2.27. The van der Waals surface area contributed by atoms with Crippen molar-refractivity contribution in [3.8, 4) is 0 Å². The van der Waals surface area contributed by atoms with Crippen LogP contribution in [0.5, 0.6) is 0 Å². The maximum absolute atomic E-state index is 11.3. The van der Waals surface area contributed by atoms with E-state index in [0.717, 1.165) is 50.8 Å². The summed E-state index contributed by atoms with van der Waals surface area (Å²) in [6, 6.07) is 8.21. The van der Waals surface area contributed by atoms with E-state index in [1.807, 2.05) is 12.1 Å². The minimum Gasteiger partial charge on any atom is -0.338 e. The molecule has 1 N–H and O–H groups in total. The highest BCUT2D eigenvalue weighted by molar-refractivity contribution is 5.88. The maximum atomic E-state index is 11.3. The summed E-state index contributed by atoms with van der Waals surface area (Å²) >= 11 is 0. The van der Waals surface area contributed by atoms with Gasteiger partial charge >= 0.3 is 0 Å². The minimum absolute atomic E-state index is 0.0150. The summed E-state index contributed by atoms with van der Waals surface area (Å²) in [4.78, 5) is 24.8. The van der Waals surface area contributed by atoms with Crippen LogP contribution in [0.3, 0.4) is 0 Å². The monoisotopic (exact) mass is 351 g/mol. The van der Waals surface area contributed by atoms with Gasteiger partial charge in [-0.25, -0.2) is 9.97 Å². The summed E-state index contributed by atoms with van der Waals surface area (Å²) in [7, 11) is 0. The van der Waals surface area contributed by atoms with Gasteiger partial charge in [0.05, 0.1) is 0 Å². The topological polar surface area (TPSA) is 61.4 Å². The molecule has 1 atom stereocenters. The van der Waals surface area contributed by atoms with Crippen LogP contribution < -0.4 is 10.2 Å². The van der Waals surface area contributed by atoms with Gasteiger partial charge in [-0.3, -0.25) is 9.69 Å². The Balaban J connectivity index is 1.37. The molecule has 1 amide bonds. The lowest BCUT2D eigenvalue weighted by Gasteiger charge is -2.36. The highest BCUT2D eigenvalue weighted by atomic mass is 16.1. The van der Waals surface area contributed by atoms with Crippen molar-refractivity contribution < 1.29 is 4.79 Å². The number of piperazine rings is 1. The Kier molecular flexibility index (Phi) is 4.84. The Morgan fingerprint density at radius 2 is 1.96 bits per heavy atom. The van der Waals surface area contributed by atoms with Crippen LogP contribution >= 0.6 is 0 Å². The molecule has 0 radical (unpaired) electrons. The van der Waals surface area contributed by atoms with E-state index in [1.54, 1.807) is 19.3 Å². The van der Waals surface area contributed by atoms with Gasteiger partial charge in [0.15, 0.2) is 0 Å². The Labute approximate surface area is 154 Å². The highest BCUT2D eigenvalue weighted by Crippen LogP contribution is 2.35. The van der Waals surface area contributed by atoms with Gasteiger partial charge in [0.2, 0.25) is 11.9 Å². The number of anilines is 2. The molecular weight excluding hydrogens is 326 g/mol. The molecule has 0 bridgehead atoms. The number of carbonyl (C=O) groups is 1. The van der Waals surface area contributed by atoms with E-state index in [9.17, 15) is 4.79 Å². The predicted octanol–water partition coefficient (Wildman–Crippen LogP) is 2.29. The minimum atomic E-state index is -0.0150. The van der Waals surface area contributed by atoms with Crippen LogP contribution in [0.2, 0.25) is 0 Å². The number of hydrogen-bond donors (Lipinski definition) is 1. The predicted molar refractivity (Wildman–Crippen MR) is 102 cm³/mol. The van der Waals surface area contributed by atoms with Crippen LogP contribution in [0.15, 0.2) is 36.7 Å². The zero-order chi connectivity index (χ0) is 17.9. The summed E-state index contributed by atoms with van der Waals surface area (Å²) in [6.45, 7) is 6.65. The summed E-state index contributed by atoms with van der Waals surface area (Å²) in [5, 5.41) is 2.91. The molecule has 1 aromatic heterocycles. The second kappa shape index (κ2) is 7.41. The van der Waals surface area contributed by atoms with Gasteiger partial charge in [-0.1, -0.05) is 6.07 Å². The fourth-order valence-corrected chi connectivity index (χ4v) is 4.06. The van der Waals surface area contributed by atoms with Gasteiger partial charge in [0.25, 0.3) is 0 Å². The number of hydrogen-bond acceptors (Lipinski definition) is 5. The molecule has 0 spiro atoms. The van der Waals surface area contributed by atoms with Gasteiger partial charge < -0.3 is 10.2 Å². The molecule has 1 aliphatic heterocycles. The summed E-state index contributed by atoms with van der Waals surface area (Å²) in [6.07, 6.45) is 5.94. The van der Waals surface area contributed by atoms with Crippen LogP contribution in [0.25, 0.3) is 0 Å². The van der Waals surface area contributed by atoms with Gasteiger partial charge in [-0.2, -0.15) is 0 Å². The average Bonchev–Trinajstić information content (AvgIpc) is 3.05. The quantitative estimate of drug-likeness (QED) is 0.916. The van der Waals surface area contributed by atoms with Crippen LogP contribution in [0.4, 0.5) is 11.6 Å². The van der Waals surface area contributed by atoms with Crippen LogP contribution in [0, 0.1) is 0 Å². The van der Waals surface area contributed by atoms with E-state index in [1.165, 1.54) is 17.5 Å². The van der Waals surface area contributed by atoms with E-state index in [2.05, 4.69) is 37.2 Å². The van der Waals surface area contributed by atoms with Gasteiger partial charge in [-0.15, -0.1) is 0 Å². The third-order valence-corrected chi connectivity index (χ3v) is 5.35. The first-order valence-electron chi connectivity index (χ1n) is 9.34. The first kappa shape index (κ1) is 17.0. The molecule has 26 heavy (non-hydrogen) atoms. The van der Waals surface area contributed by atoms with Crippen LogP contribution in [-0.4, -0.2) is 53.5 Å². The first-order valence-corrected chi connectivity index (χ1v) is 9.34. The molecule has 2 heterocycles. The largest absolute Gasteiger partial charge is 0.338 e. The van der Waals surface area contributed by atoms with E-state index < -0.39 is 0 Å². The van der Waals surface area contributed by atoms with Crippen molar-refractivity contribution in [1.82, 2.24) is 14.9 Å². The second-order valence-corrected chi connectivity index (χ2v) is 7.17. The number of amides is 1. The SMILES string of the molecule is CC(=O)Nc1ccc2c(c1)C(CN1CCN(c3ncccn3)CC1)CC2. The molecule has 1 aromatic carbocycles. The van der Waals surface area contributed by atoms with Crippen molar-refractivity contribution in [2.45, 2.75) is 25.7 Å². The fourth-order valence-electron chi connectivity index (χ4n) is 4.06. The zero-order valence-electron chi connectivity index (χ0n) is 15.2. The number of carbonyl (C=O) groups excluding carboxylic acids is 1. The summed E-state index contributed by atoms with van der Waals surface area (Å²) < 4.78 is 0. The first-order chi connectivity index (χ1) is 12.7. The van der Waals surface area contributed by atoms with Crippen molar-refractivity contribution in [2.24, 2.45) is 0 Å². The number of aryl methyl sites for hydroxylation is 1. The molecule has 2 aliphatic rings. The lowest BCUT2D eigenvalue weighted by Crippen LogP contribution is -2.48. The number of nitrogens with zero attached hydrogens (tertiary/aromatic N) is 4. The Morgan fingerprint density at radius 3 is 2.69 bits per heavy atom. The van der Waals surface area contributed by atoms with E-state index >= 15 is 0 Å². The summed E-state index contributed by atoms with van der Waals surface area (Å²) in [5.74, 6) is 1.37. The molecule has 1 unspecified atom stereocenters. The number of fused-ring (bicyclic) bond motifs is 1. The number of nitrogens with one attached hydrogen (secondary N) is 1. The van der Waals surface area contributed by atoms with Gasteiger partial charge in [-0.05, 0) is 48.1 Å². The average molecular weight is 351 g/mol. The Hall–Kier alpha value is -2.47. The molecule has 4 rings (SSSR count). The van der Waals surface area contributed by atoms with E-state index in [4.69, 9.17) is 0 Å². The fraction of sp³-hybridized carbons (Fsp3) is 0.450. The molecule has 1 saturated heterocycles. The van der Waals surface area contributed by atoms with Crippen LogP contribution in [-0.2, 0) is 11.2 Å². The molecule has 0 saturated carbocycles. The number of benzene rings is 1. The lowest BCUT2D eigenvalue weighted by atomic mass is 9.99. The van der Waals surface area contributed by atoms with Crippen molar-refractivity contribution in [2.75, 3.05) is 42.9 Å². The van der Waals surface area contributed by atoms with Crippen molar-refractivity contribution in [3.05, 3.63) is 47.8 Å². The molecule has 1 fully saturated rings. The molecule has 136 valence electrons. The molecule has 6 nitrogen and oxygen atoms in total. The van der Waals surface area contributed by atoms with E-state index in [-0.39, 0.29) is 5.91 Å². The Morgan fingerprint density at radius 1 is 1.19 bits per heavy atom. The molecule has 1 aliphatic carbocycles. The zero-order valence-corrected chi connectivity index (χ0v) is 15.2. The Bertz CT molecular complexity index is 771.